The van der Waals surface area contributed by atoms with Crippen molar-refractivity contribution in [1.82, 2.24) is 15.0 Å². The van der Waals surface area contributed by atoms with Gasteiger partial charge in [0, 0.05) is 6.20 Å². The lowest BCUT2D eigenvalue weighted by Crippen LogP contribution is -2.06. The first-order chi connectivity index (χ1) is 7.59. The molecule has 3 nitrogen and oxygen atoms in total. The third kappa shape index (κ3) is 1.90. The summed E-state index contributed by atoms with van der Waals surface area (Å²) in [4.78, 5) is 13.5. The Labute approximate surface area is 96.0 Å². The Balaban J connectivity index is 2.71. The second-order valence-corrected chi connectivity index (χ2v) is 4.65. The zero-order valence-electron chi connectivity index (χ0n) is 10.2. The van der Waals surface area contributed by atoms with E-state index in [1.165, 1.54) is 0 Å². The Hall–Kier alpha value is -1.51. The van der Waals surface area contributed by atoms with Crippen LogP contribution in [0.2, 0.25) is 0 Å². The summed E-state index contributed by atoms with van der Waals surface area (Å²) in [6, 6.07) is 3.86. The van der Waals surface area contributed by atoms with Crippen molar-refractivity contribution in [3.63, 3.8) is 0 Å². The van der Waals surface area contributed by atoms with Crippen molar-refractivity contribution >= 4 is 11.2 Å². The summed E-state index contributed by atoms with van der Waals surface area (Å²) in [6.07, 6.45) is 1.76. The molecule has 2 aromatic heterocycles. The maximum Gasteiger partial charge on any atom is 0.178 e. The Morgan fingerprint density at radius 3 is 2.19 bits per heavy atom. The predicted octanol–water partition coefficient (Wildman–Crippen LogP) is 3.27. The van der Waals surface area contributed by atoms with Crippen LogP contribution in [0.3, 0.4) is 0 Å². The highest BCUT2D eigenvalue weighted by Gasteiger charge is 2.14. The van der Waals surface area contributed by atoms with Crippen molar-refractivity contribution < 1.29 is 0 Å². The number of fused-ring (bicyclic) bond motifs is 1. The molecule has 0 fully saturated rings. The van der Waals surface area contributed by atoms with Gasteiger partial charge in [-0.3, -0.25) is 0 Å². The van der Waals surface area contributed by atoms with Gasteiger partial charge < -0.3 is 0 Å². The SMILES string of the molecule is CC(C)c1nc2cccnc2nc1C(C)C. The molecule has 0 aliphatic heterocycles. The van der Waals surface area contributed by atoms with Gasteiger partial charge in [-0.25, -0.2) is 15.0 Å². The van der Waals surface area contributed by atoms with Crippen LogP contribution in [0.1, 0.15) is 50.9 Å². The molecule has 3 heteroatoms. The van der Waals surface area contributed by atoms with E-state index >= 15 is 0 Å². The lowest BCUT2D eigenvalue weighted by molar-refractivity contribution is 0.735. The van der Waals surface area contributed by atoms with Crippen LogP contribution in [-0.2, 0) is 0 Å². The van der Waals surface area contributed by atoms with E-state index in [9.17, 15) is 0 Å². The first kappa shape index (κ1) is 11.0. The number of aromatic nitrogens is 3. The van der Waals surface area contributed by atoms with Crippen molar-refractivity contribution in [2.45, 2.75) is 39.5 Å². The Kier molecular flexibility index (Phi) is 2.86. The van der Waals surface area contributed by atoms with E-state index in [2.05, 4.69) is 42.6 Å². The quantitative estimate of drug-likeness (QED) is 0.771. The van der Waals surface area contributed by atoms with Crippen molar-refractivity contribution in [3.8, 4) is 0 Å². The van der Waals surface area contributed by atoms with E-state index in [1.807, 2.05) is 12.1 Å². The van der Waals surface area contributed by atoms with Crippen LogP contribution in [0, 0.1) is 0 Å². The first-order valence-corrected chi connectivity index (χ1v) is 5.72. The van der Waals surface area contributed by atoms with Gasteiger partial charge >= 0.3 is 0 Å². The number of pyridine rings is 1. The maximum atomic E-state index is 4.67. The molecule has 2 rings (SSSR count). The number of hydrogen-bond donors (Lipinski definition) is 0. The summed E-state index contributed by atoms with van der Waals surface area (Å²) in [7, 11) is 0. The number of rotatable bonds is 2. The van der Waals surface area contributed by atoms with Crippen molar-refractivity contribution in [3.05, 3.63) is 29.7 Å². The van der Waals surface area contributed by atoms with Crippen LogP contribution in [0.25, 0.3) is 11.2 Å². The third-order valence-corrected chi connectivity index (χ3v) is 2.59. The van der Waals surface area contributed by atoms with Gasteiger partial charge in [-0.05, 0) is 24.0 Å². The molecule has 0 aliphatic carbocycles. The van der Waals surface area contributed by atoms with Gasteiger partial charge in [-0.15, -0.1) is 0 Å². The van der Waals surface area contributed by atoms with Gasteiger partial charge in [-0.2, -0.15) is 0 Å². The van der Waals surface area contributed by atoms with Crippen LogP contribution in [0.15, 0.2) is 18.3 Å². The average Bonchev–Trinajstić information content (AvgIpc) is 2.27. The summed E-state index contributed by atoms with van der Waals surface area (Å²) >= 11 is 0. The van der Waals surface area contributed by atoms with E-state index < -0.39 is 0 Å². The molecule has 84 valence electrons. The second-order valence-electron chi connectivity index (χ2n) is 4.65. The minimum absolute atomic E-state index is 0.385. The third-order valence-electron chi connectivity index (χ3n) is 2.59. The van der Waals surface area contributed by atoms with E-state index in [0.717, 1.165) is 22.6 Å². The highest BCUT2D eigenvalue weighted by Crippen LogP contribution is 2.24. The number of nitrogens with zero attached hydrogens (tertiary/aromatic N) is 3. The lowest BCUT2D eigenvalue weighted by Gasteiger charge is -2.14. The summed E-state index contributed by atoms with van der Waals surface area (Å²) in [6.45, 7) is 8.59. The smallest absolute Gasteiger partial charge is 0.178 e. The summed E-state index contributed by atoms with van der Waals surface area (Å²) < 4.78 is 0. The standard InChI is InChI=1S/C13H17N3/c1-8(2)11-12(9(3)4)16-13-10(15-11)6-5-7-14-13/h5-9H,1-4H3. The fourth-order valence-corrected chi connectivity index (χ4v) is 1.77. The van der Waals surface area contributed by atoms with Crippen LogP contribution >= 0.6 is 0 Å². The molecule has 0 N–H and O–H groups in total. The zero-order chi connectivity index (χ0) is 11.7. The Morgan fingerprint density at radius 2 is 1.56 bits per heavy atom. The van der Waals surface area contributed by atoms with E-state index in [1.54, 1.807) is 6.20 Å². The van der Waals surface area contributed by atoms with Crippen LogP contribution in [0.4, 0.5) is 0 Å². The van der Waals surface area contributed by atoms with Gasteiger partial charge in [0.25, 0.3) is 0 Å². The lowest BCUT2D eigenvalue weighted by atomic mass is 10.0. The molecule has 0 aliphatic rings. The van der Waals surface area contributed by atoms with Crippen LogP contribution in [0.5, 0.6) is 0 Å². The second kappa shape index (κ2) is 4.16. The molecule has 0 spiro atoms. The molecule has 16 heavy (non-hydrogen) atoms. The highest BCUT2D eigenvalue weighted by atomic mass is 14.9. The summed E-state index contributed by atoms with van der Waals surface area (Å²) in [5.74, 6) is 0.783. The maximum absolute atomic E-state index is 4.67. The Morgan fingerprint density at radius 1 is 0.938 bits per heavy atom. The van der Waals surface area contributed by atoms with Crippen LogP contribution in [-0.4, -0.2) is 15.0 Å². The fourth-order valence-electron chi connectivity index (χ4n) is 1.77. The molecule has 0 unspecified atom stereocenters. The zero-order valence-corrected chi connectivity index (χ0v) is 10.2. The number of hydrogen-bond acceptors (Lipinski definition) is 3. The minimum atomic E-state index is 0.385. The predicted molar refractivity (Wildman–Crippen MR) is 65.5 cm³/mol. The fraction of sp³-hybridized carbons (Fsp3) is 0.462. The van der Waals surface area contributed by atoms with Crippen molar-refractivity contribution in [1.29, 1.82) is 0 Å². The molecule has 0 saturated carbocycles. The summed E-state index contributed by atoms with van der Waals surface area (Å²) in [5, 5.41) is 0. The molecule has 2 aromatic rings. The molecule has 0 atom stereocenters. The molecule has 0 amide bonds. The van der Waals surface area contributed by atoms with Gasteiger partial charge in [-0.1, -0.05) is 27.7 Å². The highest BCUT2D eigenvalue weighted by molar-refractivity contribution is 5.69. The summed E-state index contributed by atoms with van der Waals surface area (Å²) in [5.41, 5.74) is 3.79. The molecule has 0 radical (unpaired) electrons. The molecule has 0 saturated heterocycles. The molecule has 0 aromatic carbocycles. The molecular formula is C13H17N3. The topological polar surface area (TPSA) is 38.7 Å². The van der Waals surface area contributed by atoms with Crippen molar-refractivity contribution in [2.75, 3.05) is 0 Å². The normalized spacial score (nSPS) is 11.6. The monoisotopic (exact) mass is 215 g/mol. The van der Waals surface area contributed by atoms with Crippen LogP contribution < -0.4 is 0 Å². The molecular weight excluding hydrogens is 198 g/mol. The molecule has 2 heterocycles. The van der Waals surface area contributed by atoms with Crippen molar-refractivity contribution in [2.24, 2.45) is 0 Å². The van der Waals surface area contributed by atoms with Gasteiger partial charge in [0.15, 0.2) is 5.65 Å². The minimum Gasteiger partial charge on any atom is -0.247 e. The molecule has 0 bridgehead atoms. The van der Waals surface area contributed by atoms with E-state index in [-0.39, 0.29) is 0 Å². The van der Waals surface area contributed by atoms with Gasteiger partial charge in [0.1, 0.15) is 5.52 Å². The average molecular weight is 215 g/mol. The van der Waals surface area contributed by atoms with E-state index in [0.29, 0.717) is 11.8 Å². The first-order valence-electron chi connectivity index (χ1n) is 5.72. The largest absolute Gasteiger partial charge is 0.247 e. The van der Waals surface area contributed by atoms with E-state index in [4.69, 9.17) is 0 Å². The Bertz CT molecular complexity index is 457. The van der Waals surface area contributed by atoms with Gasteiger partial charge in [0.05, 0.1) is 11.4 Å². The van der Waals surface area contributed by atoms with Gasteiger partial charge in [0.2, 0.25) is 0 Å².